The Labute approximate surface area is 106 Å². The SMILES string of the molecule is CCn1cc(S(=O)(=O)NCc2ccncc2)cn1. The predicted molar refractivity (Wildman–Crippen MR) is 66.2 cm³/mol. The zero-order valence-corrected chi connectivity index (χ0v) is 10.8. The van der Waals surface area contributed by atoms with E-state index in [1.54, 1.807) is 29.2 Å². The van der Waals surface area contributed by atoms with Crippen LogP contribution in [0.2, 0.25) is 0 Å². The minimum Gasteiger partial charge on any atom is -0.272 e. The highest BCUT2D eigenvalue weighted by molar-refractivity contribution is 7.89. The minimum atomic E-state index is -3.50. The second-order valence-electron chi connectivity index (χ2n) is 3.71. The fraction of sp³-hybridized carbons (Fsp3) is 0.273. The summed E-state index contributed by atoms with van der Waals surface area (Å²) in [5.41, 5.74) is 0.858. The summed E-state index contributed by atoms with van der Waals surface area (Å²) < 4.78 is 28.0. The molecule has 0 bridgehead atoms. The Morgan fingerprint density at radius 3 is 2.67 bits per heavy atom. The lowest BCUT2D eigenvalue weighted by Gasteiger charge is -2.04. The smallest absolute Gasteiger partial charge is 0.243 e. The van der Waals surface area contributed by atoms with E-state index in [1.165, 1.54) is 12.4 Å². The Bertz CT molecular complexity index is 607. The Kier molecular flexibility index (Phi) is 3.73. The largest absolute Gasteiger partial charge is 0.272 e. The van der Waals surface area contributed by atoms with Crippen molar-refractivity contribution in [3.05, 3.63) is 42.5 Å². The monoisotopic (exact) mass is 266 g/mol. The summed E-state index contributed by atoms with van der Waals surface area (Å²) in [6, 6.07) is 3.52. The number of nitrogens with zero attached hydrogens (tertiary/aromatic N) is 3. The van der Waals surface area contributed by atoms with Crippen LogP contribution in [0.25, 0.3) is 0 Å². The summed E-state index contributed by atoms with van der Waals surface area (Å²) >= 11 is 0. The van der Waals surface area contributed by atoms with Gasteiger partial charge in [-0.2, -0.15) is 5.10 Å². The van der Waals surface area contributed by atoms with Gasteiger partial charge in [-0.1, -0.05) is 0 Å². The van der Waals surface area contributed by atoms with Crippen molar-refractivity contribution in [3.63, 3.8) is 0 Å². The fourth-order valence-electron chi connectivity index (χ4n) is 1.42. The molecule has 0 fully saturated rings. The first-order valence-electron chi connectivity index (χ1n) is 5.53. The van der Waals surface area contributed by atoms with E-state index in [0.717, 1.165) is 5.56 Å². The molecule has 1 N–H and O–H groups in total. The Balaban J connectivity index is 2.08. The van der Waals surface area contributed by atoms with Crippen LogP contribution in [0.15, 0.2) is 41.8 Å². The maximum absolute atomic E-state index is 12.0. The van der Waals surface area contributed by atoms with Crippen molar-refractivity contribution < 1.29 is 8.42 Å². The molecule has 2 rings (SSSR count). The van der Waals surface area contributed by atoms with Gasteiger partial charge in [0, 0.05) is 31.7 Å². The molecule has 0 unspecified atom stereocenters. The lowest BCUT2D eigenvalue weighted by molar-refractivity contribution is 0.580. The molecule has 2 heterocycles. The van der Waals surface area contributed by atoms with Gasteiger partial charge in [0.1, 0.15) is 4.90 Å². The molecule has 2 aromatic heterocycles. The second kappa shape index (κ2) is 5.28. The van der Waals surface area contributed by atoms with Gasteiger partial charge in [-0.3, -0.25) is 9.67 Å². The van der Waals surface area contributed by atoms with Gasteiger partial charge in [-0.05, 0) is 24.6 Å². The summed E-state index contributed by atoms with van der Waals surface area (Å²) in [7, 11) is -3.50. The standard InChI is InChI=1S/C11H14N4O2S/c1-2-15-9-11(8-13-15)18(16,17)14-7-10-3-5-12-6-4-10/h3-6,8-9,14H,2,7H2,1H3. The van der Waals surface area contributed by atoms with Gasteiger partial charge in [0.25, 0.3) is 0 Å². The van der Waals surface area contributed by atoms with Crippen LogP contribution in [0.5, 0.6) is 0 Å². The molecule has 0 aliphatic heterocycles. The molecule has 0 aliphatic carbocycles. The number of hydrogen-bond acceptors (Lipinski definition) is 4. The van der Waals surface area contributed by atoms with Gasteiger partial charge in [0.15, 0.2) is 0 Å². The van der Waals surface area contributed by atoms with Crippen molar-refractivity contribution in [1.82, 2.24) is 19.5 Å². The van der Waals surface area contributed by atoms with Gasteiger partial charge >= 0.3 is 0 Å². The number of hydrogen-bond donors (Lipinski definition) is 1. The van der Waals surface area contributed by atoms with Crippen LogP contribution in [-0.2, 0) is 23.1 Å². The summed E-state index contributed by atoms with van der Waals surface area (Å²) in [6.45, 7) is 2.77. The van der Waals surface area contributed by atoms with Crippen LogP contribution in [0.3, 0.4) is 0 Å². The van der Waals surface area contributed by atoms with Crippen LogP contribution in [0.4, 0.5) is 0 Å². The molecular weight excluding hydrogens is 252 g/mol. The average molecular weight is 266 g/mol. The molecule has 0 saturated heterocycles. The Morgan fingerprint density at radius 1 is 1.33 bits per heavy atom. The van der Waals surface area contributed by atoms with Gasteiger partial charge in [0.05, 0.1) is 6.20 Å². The third-order valence-electron chi connectivity index (χ3n) is 2.46. The molecule has 0 aromatic carbocycles. The summed E-state index contributed by atoms with van der Waals surface area (Å²) in [6.07, 6.45) is 6.10. The molecular formula is C11H14N4O2S. The molecule has 96 valence electrons. The molecule has 18 heavy (non-hydrogen) atoms. The van der Waals surface area contributed by atoms with Crippen molar-refractivity contribution in [2.45, 2.75) is 24.9 Å². The normalized spacial score (nSPS) is 11.6. The third-order valence-corrected chi connectivity index (χ3v) is 3.82. The summed E-state index contributed by atoms with van der Waals surface area (Å²) in [5.74, 6) is 0. The number of sulfonamides is 1. The highest BCUT2D eigenvalue weighted by Crippen LogP contribution is 2.08. The first-order valence-corrected chi connectivity index (χ1v) is 7.01. The van der Waals surface area contributed by atoms with Gasteiger partial charge in [-0.15, -0.1) is 0 Å². The molecule has 6 nitrogen and oxygen atoms in total. The minimum absolute atomic E-state index is 0.179. The number of nitrogens with one attached hydrogen (secondary N) is 1. The van der Waals surface area contributed by atoms with Crippen LogP contribution in [0.1, 0.15) is 12.5 Å². The van der Waals surface area contributed by atoms with Crippen LogP contribution >= 0.6 is 0 Å². The third kappa shape index (κ3) is 2.93. The van der Waals surface area contributed by atoms with Gasteiger partial charge < -0.3 is 0 Å². The van der Waals surface area contributed by atoms with E-state index < -0.39 is 10.0 Å². The van der Waals surface area contributed by atoms with Crippen molar-refractivity contribution in [3.8, 4) is 0 Å². The van der Waals surface area contributed by atoms with Crippen LogP contribution in [-0.4, -0.2) is 23.2 Å². The quantitative estimate of drug-likeness (QED) is 0.867. The van der Waals surface area contributed by atoms with E-state index in [2.05, 4.69) is 14.8 Å². The number of aryl methyl sites for hydroxylation is 1. The molecule has 0 atom stereocenters. The van der Waals surface area contributed by atoms with Crippen molar-refractivity contribution in [2.24, 2.45) is 0 Å². The highest BCUT2D eigenvalue weighted by Gasteiger charge is 2.15. The maximum Gasteiger partial charge on any atom is 0.243 e. The van der Waals surface area contributed by atoms with Crippen molar-refractivity contribution in [1.29, 1.82) is 0 Å². The van der Waals surface area contributed by atoms with Crippen LogP contribution in [0, 0.1) is 0 Å². The summed E-state index contributed by atoms with van der Waals surface area (Å²) in [5, 5.41) is 3.94. The van der Waals surface area contributed by atoms with Gasteiger partial charge in [0.2, 0.25) is 10.0 Å². The highest BCUT2D eigenvalue weighted by atomic mass is 32.2. The second-order valence-corrected chi connectivity index (χ2v) is 5.48. The van der Waals surface area contributed by atoms with Gasteiger partial charge in [-0.25, -0.2) is 13.1 Å². The first-order chi connectivity index (χ1) is 8.62. The topological polar surface area (TPSA) is 76.9 Å². The number of pyridine rings is 1. The van der Waals surface area contributed by atoms with Crippen molar-refractivity contribution in [2.75, 3.05) is 0 Å². The van der Waals surface area contributed by atoms with Crippen LogP contribution < -0.4 is 4.72 Å². The predicted octanol–water partition coefficient (Wildman–Crippen LogP) is 0.776. The van der Waals surface area contributed by atoms with E-state index in [1.807, 2.05) is 6.92 Å². The number of rotatable bonds is 5. The Morgan fingerprint density at radius 2 is 2.06 bits per heavy atom. The van der Waals surface area contributed by atoms with Crippen molar-refractivity contribution >= 4 is 10.0 Å². The lowest BCUT2D eigenvalue weighted by atomic mass is 10.3. The first kappa shape index (κ1) is 12.7. The summed E-state index contributed by atoms with van der Waals surface area (Å²) in [4.78, 5) is 4.05. The van der Waals surface area contributed by atoms with E-state index in [0.29, 0.717) is 6.54 Å². The van der Waals surface area contributed by atoms with E-state index in [-0.39, 0.29) is 11.4 Å². The van der Waals surface area contributed by atoms with E-state index >= 15 is 0 Å². The zero-order valence-electron chi connectivity index (χ0n) is 9.94. The fourth-order valence-corrected chi connectivity index (χ4v) is 2.39. The lowest BCUT2D eigenvalue weighted by Crippen LogP contribution is -2.22. The van der Waals surface area contributed by atoms with E-state index in [4.69, 9.17) is 0 Å². The molecule has 0 aliphatic rings. The average Bonchev–Trinajstić information content (AvgIpc) is 2.87. The molecule has 0 radical (unpaired) electrons. The number of aromatic nitrogens is 3. The maximum atomic E-state index is 12.0. The zero-order chi connectivity index (χ0) is 13.0. The van der Waals surface area contributed by atoms with E-state index in [9.17, 15) is 8.42 Å². The molecule has 0 amide bonds. The molecule has 0 saturated carbocycles. The molecule has 7 heteroatoms. The molecule has 0 spiro atoms. The molecule has 2 aromatic rings. The Hall–Kier alpha value is -1.73.